The van der Waals surface area contributed by atoms with Crippen molar-refractivity contribution in [1.29, 1.82) is 0 Å². The van der Waals surface area contributed by atoms with Crippen molar-refractivity contribution in [2.45, 2.75) is 37.6 Å². The molecule has 0 aliphatic rings. The maximum atomic E-state index is 5.28. The zero-order valence-electron chi connectivity index (χ0n) is 9.94. The van der Waals surface area contributed by atoms with E-state index in [4.69, 9.17) is 10.6 Å². The number of nitrogens with one attached hydrogen (secondary N) is 1. The van der Waals surface area contributed by atoms with Gasteiger partial charge in [-0.2, -0.15) is 15.0 Å². The molecule has 0 unspecified atom stereocenters. The summed E-state index contributed by atoms with van der Waals surface area (Å²) in [5, 5.41) is 0.596. The van der Waals surface area contributed by atoms with Crippen molar-refractivity contribution in [2.24, 2.45) is 5.84 Å². The van der Waals surface area contributed by atoms with Crippen LogP contribution in [0.5, 0.6) is 6.01 Å². The van der Waals surface area contributed by atoms with Crippen molar-refractivity contribution < 1.29 is 4.74 Å². The Morgan fingerprint density at radius 2 is 2.00 bits per heavy atom. The minimum atomic E-state index is 0.0245. The van der Waals surface area contributed by atoms with Crippen LogP contribution in [0, 0.1) is 0 Å². The highest BCUT2D eigenvalue weighted by Crippen LogP contribution is 2.30. The first kappa shape index (κ1) is 13.0. The molecule has 0 aliphatic heterocycles. The van der Waals surface area contributed by atoms with E-state index < -0.39 is 0 Å². The van der Waals surface area contributed by atoms with Crippen LogP contribution in [0.2, 0.25) is 0 Å². The van der Waals surface area contributed by atoms with Crippen molar-refractivity contribution in [3.63, 3.8) is 0 Å². The predicted octanol–water partition coefficient (Wildman–Crippen LogP) is 1.45. The van der Waals surface area contributed by atoms with Crippen molar-refractivity contribution in [1.82, 2.24) is 15.0 Å². The summed E-state index contributed by atoms with van der Waals surface area (Å²) in [6, 6.07) is 0.289. The summed E-state index contributed by atoms with van der Waals surface area (Å²) in [5.74, 6) is 5.59. The highest BCUT2D eigenvalue weighted by Gasteiger charge is 2.16. The van der Waals surface area contributed by atoms with E-state index in [2.05, 4.69) is 41.1 Å². The number of anilines is 1. The second-order valence-electron chi connectivity index (χ2n) is 4.02. The van der Waals surface area contributed by atoms with E-state index in [0.29, 0.717) is 17.7 Å². The molecule has 0 spiro atoms. The molecule has 0 radical (unpaired) electrons. The minimum Gasteiger partial charge on any atom is -0.464 e. The van der Waals surface area contributed by atoms with Gasteiger partial charge in [-0.1, -0.05) is 32.5 Å². The molecule has 1 aromatic heterocycles. The molecule has 1 aromatic rings. The van der Waals surface area contributed by atoms with Crippen molar-refractivity contribution in [2.75, 3.05) is 12.0 Å². The molecule has 0 amide bonds. The summed E-state index contributed by atoms with van der Waals surface area (Å²) < 4.78 is 5.26. The van der Waals surface area contributed by atoms with Crippen LogP contribution in [0.4, 0.5) is 5.95 Å². The SMILES string of the molecule is CCOc1nc(NN)nc(SC(C)(C)C)n1. The van der Waals surface area contributed by atoms with Crippen molar-refractivity contribution in [3.8, 4) is 6.01 Å². The van der Waals surface area contributed by atoms with Gasteiger partial charge in [0, 0.05) is 4.75 Å². The van der Waals surface area contributed by atoms with Gasteiger partial charge in [-0.25, -0.2) is 5.84 Å². The van der Waals surface area contributed by atoms with Crippen LogP contribution in [-0.4, -0.2) is 26.3 Å². The van der Waals surface area contributed by atoms with Gasteiger partial charge in [-0.3, -0.25) is 5.43 Å². The summed E-state index contributed by atoms with van der Waals surface area (Å²) in [7, 11) is 0. The molecule has 7 heteroatoms. The van der Waals surface area contributed by atoms with Crippen LogP contribution in [0.15, 0.2) is 5.16 Å². The van der Waals surface area contributed by atoms with Crippen molar-refractivity contribution in [3.05, 3.63) is 0 Å². The number of rotatable bonds is 4. The molecule has 0 saturated carbocycles. The highest BCUT2D eigenvalue weighted by atomic mass is 32.2. The van der Waals surface area contributed by atoms with E-state index >= 15 is 0 Å². The number of hydrogen-bond acceptors (Lipinski definition) is 7. The fraction of sp³-hybridized carbons (Fsp3) is 0.667. The molecule has 0 atom stereocenters. The van der Waals surface area contributed by atoms with Crippen LogP contribution in [0.1, 0.15) is 27.7 Å². The van der Waals surface area contributed by atoms with Gasteiger partial charge >= 0.3 is 6.01 Å². The number of hydrazine groups is 1. The van der Waals surface area contributed by atoms with Crippen LogP contribution >= 0.6 is 11.8 Å². The van der Waals surface area contributed by atoms with E-state index in [1.54, 1.807) is 0 Å². The molecule has 3 N–H and O–H groups in total. The Morgan fingerprint density at radius 3 is 2.50 bits per heavy atom. The van der Waals surface area contributed by atoms with Crippen LogP contribution in [0.25, 0.3) is 0 Å². The monoisotopic (exact) mass is 243 g/mol. The van der Waals surface area contributed by atoms with Crippen LogP contribution in [-0.2, 0) is 0 Å². The van der Waals surface area contributed by atoms with Crippen LogP contribution in [0.3, 0.4) is 0 Å². The molecule has 1 heterocycles. The Kier molecular flexibility index (Phi) is 4.31. The summed E-state index contributed by atoms with van der Waals surface area (Å²) in [6.07, 6.45) is 0. The standard InChI is InChI=1S/C9H17N5OS/c1-5-15-7-11-6(14-10)12-8(13-7)16-9(2,3)4/h5,10H2,1-4H3,(H,11,12,13,14). The molecule has 0 fully saturated rings. The predicted molar refractivity (Wildman–Crippen MR) is 64.4 cm³/mol. The maximum absolute atomic E-state index is 5.28. The molecular weight excluding hydrogens is 226 g/mol. The summed E-state index contributed by atoms with van der Waals surface area (Å²) >= 11 is 1.53. The molecule has 0 saturated heterocycles. The average molecular weight is 243 g/mol. The Labute approximate surface area is 99.4 Å². The number of hydrogen-bond donors (Lipinski definition) is 2. The van der Waals surface area contributed by atoms with E-state index in [0.717, 1.165) is 0 Å². The smallest absolute Gasteiger partial charge is 0.322 e. The third-order valence-corrected chi connectivity index (χ3v) is 2.37. The third kappa shape index (κ3) is 4.19. The number of nitrogens with zero attached hydrogens (tertiary/aromatic N) is 3. The van der Waals surface area contributed by atoms with Gasteiger partial charge in [0.1, 0.15) is 0 Å². The second kappa shape index (κ2) is 5.31. The summed E-state index contributed by atoms with van der Waals surface area (Å²) in [6.45, 7) is 8.62. The Hall–Kier alpha value is -1.08. The quantitative estimate of drug-likeness (QED) is 0.470. The van der Waals surface area contributed by atoms with Gasteiger partial charge in [-0.15, -0.1) is 0 Å². The normalized spacial score (nSPS) is 11.3. The number of aromatic nitrogens is 3. The zero-order chi connectivity index (χ0) is 12.2. The Bertz CT molecular complexity index is 352. The van der Waals surface area contributed by atoms with E-state index in [-0.39, 0.29) is 10.8 Å². The first-order valence-corrected chi connectivity index (χ1v) is 5.80. The fourth-order valence-electron chi connectivity index (χ4n) is 0.916. The van der Waals surface area contributed by atoms with Gasteiger partial charge in [0.2, 0.25) is 5.95 Å². The third-order valence-electron chi connectivity index (χ3n) is 1.39. The van der Waals surface area contributed by atoms with Gasteiger partial charge in [0.15, 0.2) is 5.16 Å². The lowest BCUT2D eigenvalue weighted by molar-refractivity contribution is 0.308. The van der Waals surface area contributed by atoms with Crippen LogP contribution < -0.4 is 16.0 Å². The van der Waals surface area contributed by atoms with Gasteiger partial charge < -0.3 is 4.74 Å². The lowest BCUT2D eigenvalue weighted by Gasteiger charge is -2.16. The number of nitrogens with two attached hydrogens (primary N) is 1. The first-order chi connectivity index (χ1) is 7.44. The molecule has 1 rings (SSSR count). The second-order valence-corrected chi connectivity index (χ2v) is 5.81. The van der Waals surface area contributed by atoms with Gasteiger partial charge in [0.05, 0.1) is 6.61 Å². The fourth-order valence-corrected chi connectivity index (χ4v) is 1.72. The molecular formula is C9H17N5OS. The molecule has 0 aliphatic carbocycles. The molecule has 6 nitrogen and oxygen atoms in total. The van der Waals surface area contributed by atoms with E-state index in [1.165, 1.54) is 11.8 Å². The Balaban J connectivity index is 2.95. The lowest BCUT2D eigenvalue weighted by atomic mass is 10.3. The number of nitrogen functional groups attached to an aromatic ring is 1. The van der Waals surface area contributed by atoms with E-state index in [9.17, 15) is 0 Å². The summed E-state index contributed by atoms with van der Waals surface area (Å²) in [5.41, 5.74) is 2.40. The maximum Gasteiger partial charge on any atom is 0.322 e. The number of thioether (sulfide) groups is 1. The lowest BCUT2D eigenvalue weighted by Crippen LogP contribution is -2.14. The van der Waals surface area contributed by atoms with Gasteiger partial charge in [0.25, 0.3) is 0 Å². The highest BCUT2D eigenvalue weighted by molar-refractivity contribution is 8.00. The largest absolute Gasteiger partial charge is 0.464 e. The summed E-state index contributed by atoms with van der Waals surface area (Å²) in [4.78, 5) is 12.3. The minimum absolute atomic E-state index is 0.0245. The van der Waals surface area contributed by atoms with E-state index in [1.807, 2.05) is 6.92 Å². The zero-order valence-corrected chi connectivity index (χ0v) is 10.8. The average Bonchev–Trinajstić information content (AvgIpc) is 2.15. The molecule has 0 bridgehead atoms. The first-order valence-electron chi connectivity index (χ1n) is 4.99. The molecule has 90 valence electrons. The van der Waals surface area contributed by atoms with Crippen molar-refractivity contribution >= 4 is 17.7 Å². The molecule has 16 heavy (non-hydrogen) atoms. The Morgan fingerprint density at radius 1 is 1.31 bits per heavy atom. The molecule has 0 aromatic carbocycles. The topological polar surface area (TPSA) is 86.0 Å². The van der Waals surface area contributed by atoms with Gasteiger partial charge in [-0.05, 0) is 6.92 Å². The number of ether oxygens (including phenoxy) is 1.